The van der Waals surface area contributed by atoms with Crippen LogP contribution in [0.25, 0.3) is 0 Å². The van der Waals surface area contributed by atoms with Crippen LogP contribution in [0.4, 0.5) is 0 Å². The molecule has 2 heterocycles. The Labute approximate surface area is 151 Å². The van der Waals surface area contributed by atoms with Crippen molar-refractivity contribution in [1.82, 2.24) is 9.88 Å². The van der Waals surface area contributed by atoms with Crippen LogP contribution in [0.5, 0.6) is 0 Å². The minimum atomic E-state index is -1.02. The van der Waals surface area contributed by atoms with E-state index < -0.39 is 10.7 Å². The monoisotopic (exact) mass is 356 g/mol. The van der Waals surface area contributed by atoms with Gasteiger partial charge in [-0.3, -0.25) is 14.6 Å². The highest BCUT2D eigenvalue weighted by Crippen LogP contribution is 2.35. The van der Waals surface area contributed by atoms with Gasteiger partial charge in [-0.15, -0.1) is 11.8 Å². The first-order chi connectivity index (χ1) is 11.9. The van der Waals surface area contributed by atoms with Crippen molar-refractivity contribution in [2.24, 2.45) is 0 Å². The van der Waals surface area contributed by atoms with Crippen LogP contribution in [0.15, 0.2) is 47.6 Å². The molecule has 0 atom stereocenters. The van der Waals surface area contributed by atoms with Crippen LogP contribution in [0.2, 0.25) is 0 Å². The van der Waals surface area contributed by atoms with Gasteiger partial charge in [-0.2, -0.15) is 0 Å². The summed E-state index contributed by atoms with van der Waals surface area (Å²) in [5.41, 5.74) is 2.90. The molecule has 0 saturated carbocycles. The van der Waals surface area contributed by atoms with Crippen LogP contribution in [-0.2, 0) is 17.8 Å². The first kappa shape index (κ1) is 17.5. The fourth-order valence-corrected chi connectivity index (χ4v) is 3.81. The van der Waals surface area contributed by atoms with E-state index in [4.69, 9.17) is 0 Å². The van der Waals surface area contributed by atoms with Gasteiger partial charge in [-0.1, -0.05) is 24.3 Å². The zero-order chi connectivity index (χ0) is 18.0. The van der Waals surface area contributed by atoms with E-state index in [1.54, 1.807) is 31.0 Å². The first-order valence-electron chi connectivity index (χ1n) is 8.11. The first-order valence-corrected chi connectivity index (χ1v) is 8.92. The lowest BCUT2D eigenvalue weighted by Gasteiger charge is -2.29. The lowest BCUT2D eigenvalue weighted by molar-refractivity contribution is -0.138. The van der Waals surface area contributed by atoms with Gasteiger partial charge >= 0.3 is 5.97 Å². The van der Waals surface area contributed by atoms with E-state index in [1.807, 2.05) is 18.2 Å². The van der Waals surface area contributed by atoms with Gasteiger partial charge in [0.1, 0.15) is 4.75 Å². The van der Waals surface area contributed by atoms with Crippen LogP contribution in [0, 0.1) is 0 Å². The molecule has 0 radical (unpaired) electrons. The number of amides is 1. The van der Waals surface area contributed by atoms with Crippen molar-refractivity contribution in [2.45, 2.75) is 36.5 Å². The Morgan fingerprint density at radius 3 is 2.64 bits per heavy atom. The second-order valence-electron chi connectivity index (χ2n) is 6.53. The van der Waals surface area contributed by atoms with E-state index in [1.165, 1.54) is 23.5 Å². The Bertz CT molecular complexity index is 820. The van der Waals surface area contributed by atoms with Crippen molar-refractivity contribution in [1.29, 1.82) is 0 Å². The van der Waals surface area contributed by atoms with E-state index in [-0.39, 0.29) is 5.91 Å². The second kappa shape index (κ2) is 6.88. The SMILES string of the molecule is CC(C)(Sc1ccncc1C(=O)N1CCc2ccccc2C1)C(=O)O. The molecule has 1 N–H and O–H groups in total. The quantitative estimate of drug-likeness (QED) is 0.852. The number of rotatable bonds is 4. The Balaban J connectivity index is 1.85. The number of thioether (sulfide) groups is 1. The lowest BCUT2D eigenvalue weighted by Crippen LogP contribution is -2.36. The molecule has 25 heavy (non-hydrogen) atoms. The van der Waals surface area contributed by atoms with Gasteiger partial charge in [0.15, 0.2) is 0 Å². The highest BCUT2D eigenvalue weighted by atomic mass is 32.2. The summed E-state index contributed by atoms with van der Waals surface area (Å²) in [6.45, 7) is 4.48. The number of carbonyl (C=O) groups is 2. The largest absolute Gasteiger partial charge is 0.480 e. The summed E-state index contributed by atoms with van der Waals surface area (Å²) in [6, 6.07) is 9.84. The number of carboxylic acid groups (broad SMARTS) is 1. The molecule has 1 amide bonds. The van der Waals surface area contributed by atoms with Gasteiger partial charge in [-0.25, -0.2) is 0 Å². The Kier molecular flexibility index (Phi) is 4.81. The Morgan fingerprint density at radius 2 is 1.92 bits per heavy atom. The minimum absolute atomic E-state index is 0.105. The fourth-order valence-electron chi connectivity index (χ4n) is 2.79. The highest BCUT2D eigenvalue weighted by Gasteiger charge is 2.31. The molecule has 6 heteroatoms. The average molecular weight is 356 g/mol. The number of benzene rings is 1. The number of fused-ring (bicyclic) bond motifs is 1. The third-order valence-corrected chi connectivity index (χ3v) is 5.57. The van der Waals surface area contributed by atoms with E-state index >= 15 is 0 Å². The maximum Gasteiger partial charge on any atom is 0.319 e. The number of aromatic nitrogens is 1. The predicted molar refractivity (Wildman–Crippen MR) is 96.7 cm³/mol. The van der Waals surface area contributed by atoms with Crippen LogP contribution in [0.1, 0.15) is 35.3 Å². The van der Waals surface area contributed by atoms with E-state index in [9.17, 15) is 14.7 Å². The summed E-state index contributed by atoms with van der Waals surface area (Å²) in [5.74, 6) is -1.02. The molecular formula is C19H20N2O3S. The smallest absolute Gasteiger partial charge is 0.319 e. The van der Waals surface area contributed by atoms with Crippen LogP contribution in [-0.4, -0.2) is 38.2 Å². The van der Waals surface area contributed by atoms with E-state index in [0.717, 1.165) is 12.0 Å². The number of hydrogen-bond acceptors (Lipinski definition) is 4. The predicted octanol–water partition coefficient (Wildman–Crippen LogP) is 3.24. The molecule has 130 valence electrons. The standard InChI is InChI=1S/C19H20N2O3S/c1-19(2,18(23)24)25-16-7-9-20-11-15(16)17(22)21-10-8-13-5-3-4-6-14(13)12-21/h3-7,9,11H,8,10,12H2,1-2H3,(H,23,24). The molecule has 0 aliphatic carbocycles. The molecule has 3 rings (SSSR count). The van der Waals surface area contributed by atoms with Crippen molar-refractivity contribution in [2.75, 3.05) is 6.54 Å². The summed E-state index contributed by atoms with van der Waals surface area (Å²) in [6.07, 6.45) is 3.94. The Hall–Kier alpha value is -2.34. The van der Waals surface area contributed by atoms with Gasteiger partial charge in [-0.05, 0) is 37.5 Å². The number of hydrogen-bond donors (Lipinski definition) is 1. The van der Waals surface area contributed by atoms with Crippen LogP contribution >= 0.6 is 11.8 Å². The maximum absolute atomic E-state index is 13.0. The summed E-state index contributed by atoms with van der Waals surface area (Å²) in [5, 5.41) is 9.36. The molecule has 0 spiro atoms. The highest BCUT2D eigenvalue weighted by molar-refractivity contribution is 8.01. The molecule has 1 aliphatic rings. The van der Waals surface area contributed by atoms with Crippen molar-refractivity contribution in [3.05, 3.63) is 59.4 Å². The van der Waals surface area contributed by atoms with Gasteiger partial charge in [0.2, 0.25) is 0 Å². The molecule has 5 nitrogen and oxygen atoms in total. The average Bonchev–Trinajstić information content (AvgIpc) is 2.60. The maximum atomic E-state index is 13.0. The fraction of sp³-hybridized carbons (Fsp3) is 0.316. The van der Waals surface area contributed by atoms with Crippen molar-refractivity contribution < 1.29 is 14.7 Å². The number of nitrogens with zero attached hydrogens (tertiary/aromatic N) is 2. The van der Waals surface area contributed by atoms with Crippen molar-refractivity contribution in [3.63, 3.8) is 0 Å². The number of pyridine rings is 1. The molecular weight excluding hydrogens is 336 g/mol. The summed E-state index contributed by atoms with van der Waals surface area (Å²) >= 11 is 1.17. The van der Waals surface area contributed by atoms with Gasteiger partial charge in [0.25, 0.3) is 5.91 Å². The Morgan fingerprint density at radius 1 is 1.20 bits per heavy atom. The van der Waals surface area contributed by atoms with Crippen molar-refractivity contribution >= 4 is 23.6 Å². The molecule has 1 aromatic carbocycles. The third-order valence-electron chi connectivity index (χ3n) is 4.31. The van der Waals surface area contributed by atoms with E-state index in [2.05, 4.69) is 11.1 Å². The molecule has 2 aromatic rings. The summed E-state index contributed by atoms with van der Waals surface area (Å²) in [4.78, 5) is 30.9. The topological polar surface area (TPSA) is 70.5 Å². The summed E-state index contributed by atoms with van der Waals surface area (Å²) < 4.78 is -1.02. The van der Waals surface area contributed by atoms with Crippen LogP contribution < -0.4 is 0 Å². The van der Waals surface area contributed by atoms with Gasteiger partial charge < -0.3 is 10.0 Å². The molecule has 1 aliphatic heterocycles. The molecule has 0 bridgehead atoms. The molecule has 1 aromatic heterocycles. The lowest BCUT2D eigenvalue weighted by atomic mass is 9.99. The second-order valence-corrected chi connectivity index (χ2v) is 8.20. The number of carboxylic acids is 1. The van der Waals surface area contributed by atoms with E-state index in [0.29, 0.717) is 23.5 Å². The zero-order valence-electron chi connectivity index (χ0n) is 14.2. The van der Waals surface area contributed by atoms with Crippen LogP contribution in [0.3, 0.4) is 0 Å². The third kappa shape index (κ3) is 3.69. The normalized spacial score (nSPS) is 14.1. The van der Waals surface area contributed by atoms with Gasteiger partial charge in [0.05, 0.1) is 5.56 Å². The summed E-state index contributed by atoms with van der Waals surface area (Å²) in [7, 11) is 0. The number of carbonyl (C=O) groups excluding carboxylic acids is 1. The van der Waals surface area contributed by atoms with Crippen molar-refractivity contribution in [3.8, 4) is 0 Å². The zero-order valence-corrected chi connectivity index (χ0v) is 15.0. The number of aliphatic carboxylic acids is 1. The molecule has 0 saturated heterocycles. The minimum Gasteiger partial charge on any atom is -0.480 e. The van der Waals surface area contributed by atoms with Gasteiger partial charge in [0, 0.05) is 30.4 Å². The molecule has 0 unspecified atom stereocenters. The molecule has 0 fully saturated rings.